The van der Waals surface area contributed by atoms with Gasteiger partial charge in [0.1, 0.15) is 5.82 Å². The van der Waals surface area contributed by atoms with Gasteiger partial charge in [0.15, 0.2) is 5.69 Å². The van der Waals surface area contributed by atoms with Gasteiger partial charge in [-0.25, -0.2) is 4.39 Å². The second-order valence-electron chi connectivity index (χ2n) is 7.61. The number of hydrogen-bond donors (Lipinski definition) is 0. The van der Waals surface area contributed by atoms with E-state index in [9.17, 15) is 9.18 Å². The van der Waals surface area contributed by atoms with Crippen molar-refractivity contribution in [2.24, 2.45) is 5.92 Å². The van der Waals surface area contributed by atoms with Gasteiger partial charge in [-0.2, -0.15) is 4.98 Å². The molecule has 2 aromatic carbocycles. The Kier molecular flexibility index (Phi) is 6.18. The predicted molar refractivity (Wildman–Crippen MR) is 118 cm³/mol. The van der Waals surface area contributed by atoms with Crippen molar-refractivity contribution in [3.63, 3.8) is 0 Å². The fourth-order valence-corrected chi connectivity index (χ4v) is 4.06. The van der Waals surface area contributed by atoms with E-state index in [1.54, 1.807) is 24.0 Å². The Morgan fingerprint density at radius 2 is 2.00 bits per heavy atom. The summed E-state index contributed by atoms with van der Waals surface area (Å²) in [4.78, 5) is 19.2. The van der Waals surface area contributed by atoms with E-state index in [1.807, 2.05) is 24.3 Å². The minimum absolute atomic E-state index is 0.156. The molecule has 1 atom stereocenters. The summed E-state index contributed by atoms with van der Waals surface area (Å²) in [5, 5.41) is 9.16. The number of halogens is 1. The Morgan fingerprint density at radius 3 is 2.74 bits per heavy atom. The SMILES string of the molecule is CCC(=O)N1c2ccccc2-c2nnc(SCC(C)C)nc2O[C@H]1c1cccc(F)c1. The van der Waals surface area contributed by atoms with Gasteiger partial charge in [0.2, 0.25) is 23.2 Å². The van der Waals surface area contributed by atoms with E-state index in [0.29, 0.717) is 33.6 Å². The normalized spacial score (nSPS) is 15.1. The van der Waals surface area contributed by atoms with Crippen LogP contribution in [0.3, 0.4) is 0 Å². The van der Waals surface area contributed by atoms with E-state index in [4.69, 9.17) is 4.74 Å². The molecule has 31 heavy (non-hydrogen) atoms. The molecule has 3 aromatic rings. The summed E-state index contributed by atoms with van der Waals surface area (Å²) in [6, 6.07) is 13.5. The van der Waals surface area contributed by atoms with Crippen LogP contribution in [0.5, 0.6) is 5.88 Å². The second kappa shape index (κ2) is 9.01. The van der Waals surface area contributed by atoms with E-state index in [0.717, 1.165) is 5.75 Å². The molecule has 0 saturated heterocycles. The molecule has 0 spiro atoms. The first-order chi connectivity index (χ1) is 15.0. The number of benzene rings is 2. The van der Waals surface area contributed by atoms with Crippen molar-refractivity contribution in [3.05, 3.63) is 59.9 Å². The third-order valence-corrected chi connectivity index (χ3v) is 6.03. The molecule has 1 aromatic heterocycles. The molecule has 0 fully saturated rings. The molecule has 0 aliphatic carbocycles. The molecule has 8 heteroatoms. The van der Waals surface area contributed by atoms with E-state index in [-0.39, 0.29) is 18.2 Å². The van der Waals surface area contributed by atoms with Gasteiger partial charge in [0.25, 0.3) is 0 Å². The number of nitrogens with zero attached hydrogens (tertiary/aromatic N) is 4. The Hall–Kier alpha value is -3.00. The third kappa shape index (κ3) is 4.39. The molecular weight excluding hydrogens is 415 g/mol. The number of para-hydroxylation sites is 1. The zero-order valence-electron chi connectivity index (χ0n) is 17.6. The van der Waals surface area contributed by atoms with E-state index in [1.165, 1.54) is 23.9 Å². The van der Waals surface area contributed by atoms with Crippen LogP contribution >= 0.6 is 11.8 Å². The van der Waals surface area contributed by atoms with Crippen LogP contribution in [0.25, 0.3) is 11.3 Å². The molecule has 1 aliphatic rings. The van der Waals surface area contributed by atoms with Crippen LogP contribution in [0, 0.1) is 11.7 Å². The third-order valence-electron chi connectivity index (χ3n) is 4.76. The topological polar surface area (TPSA) is 68.2 Å². The number of aromatic nitrogens is 3. The monoisotopic (exact) mass is 438 g/mol. The molecule has 2 heterocycles. The second-order valence-corrected chi connectivity index (χ2v) is 8.60. The van der Waals surface area contributed by atoms with Gasteiger partial charge in [-0.1, -0.05) is 62.9 Å². The van der Waals surface area contributed by atoms with Crippen molar-refractivity contribution < 1.29 is 13.9 Å². The summed E-state index contributed by atoms with van der Waals surface area (Å²) in [7, 11) is 0. The van der Waals surface area contributed by atoms with Gasteiger partial charge < -0.3 is 4.74 Å². The molecule has 4 rings (SSSR count). The lowest BCUT2D eigenvalue weighted by molar-refractivity contribution is -0.120. The minimum atomic E-state index is -0.884. The fraction of sp³-hybridized carbons (Fsp3) is 0.304. The molecule has 1 aliphatic heterocycles. The van der Waals surface area contributed by atoms with Gasteiger partial charge in [-0.05, 0) is 24.1 Å². The molecule has 6 nitrogen and oxygen atoms in total. The highest BCUT2D eigenvalue weighted by atomic mass is 32.2. The van der Waals surface area contributed by atoms with Crippen molar-refractivity contribution in [3.8, 4) is 17.1 Å². The zero-order chi connectivity index (χ0) is 22.0. The minimum Gasteiger partial charge on any atom is -0.447 e. The van der Waals surface area contributed by atoms with Crippen LogP contribution in [-0.2, 0) is 4.79 Å². The van der Waals surface area contributed by atoms with Crippen molar-refractivity contribution in [1.29, 1.82) is 0 Å². The first-order valence-electron chi connectivity index (χ1n) is 10.2. The highest BCUT2D eigenvalue weighted by Crippen LogP contribution is 2.43. The van der Waals surface area contributed by atoms with Crippen LogP contribution in [0.15, 0.2) is 53.7 Å². The van der Waals surface area contributed by atoms with Gasteiger partial charge in [-0.3, -0.25) is 9.69 Å². The summed E-state index contributed by atoms with van der Waals surface area (Å²) in [6.07, 6.45) is -0.626. The standard InChI is InChI=1S/C23H23FN4O2S/c1-4-19(29)28-18-11-6-5-10-17(18)20-21(25-23(27-26-20)31-13-14(2)3)30-22(28)15-8-7-9-16(24)12-15/h5-12,14,22H,4,13H2,1-3H3/t22-/m0/s1. The first kappa shape index (κ1) is 21.2. The number of amides is 1. The maximum Gasteiger partial charge on any atom is 0.247 e. The number of hydrogen-bond acceptors (Lipinski definition) is 6. The molecule has 1 amide bonds. The Labute approximate surface area is 184 Å². The van der Waals surface area contributed by atoms with Crippen molar-refractivity contribution in [2.45, 2.75) is 38.6 Å². The number of rotatable bonds is 5. The maximum absolute atomic E-state index is 14.1. The summed E-state index contributed by atoms with van der Waals surface area (Å²) >= 11 is 1.50. The molecular formula is C23H23FN4O2S. The van der Waals surface area contributed by atoms with Crippen molar-refractivity contribution >= 4 is 23.4 Å². The van der Waals surface area contributed by atoms with Crippen molar-refractivity contribution in [1.82, 2.24) is 15.2 Å². The van der Waals surface area contributed by atoms with Crippen LogP contribution in [0.1, 0.15) is 39.0 Å². The molecule has 0 bridgehead atoms. The Balaban J connectivity index is 1.89. The quantitative estimate of drug-likeness (QED) is 0.506. The number of anilines is 1. The predicted octanol–water partition coefficient (Wildman–Crippen LogP) is 5.26. The Bertz CT molecular complexity index is 1110. The van der Waals surface area contributed by atoms with Crippen LogP contribution in [0.4, 0.5) is 10.1 Å². The lowest BCUT2D eigenvalue weighted by Gasteiger charge is -2.30. The number of carbonyl (C=O) groups is 1. The summed E-state index contributed by atoms with van der Waals surface area (Å²) in [5.41, 5.74) is 2.29. The zero-order valence-corrected chi connectivity index (χ0v) is 18.4. The van der Waals surface area contributed by atoms with E-state index >= 15 is 0 Å². The van der Waals surface area contributed by atoms with Crippen LogP contribution in [0.2, 0.25) is 0 Å². The average molecular weight is 439 g/mol. The summed E-state index contributed by atoms with van der Waals surface area (Å²) in [5.74, 6) is 1.01. The van der Waals surface area contributed by atoms with Crippen LogP contribution < -0.4 is 9.64 Å². The van der Waals surface area contributed by atoms with E-state index < -0.39 is 12.0 Å². The maximum atomic E-state index is 14.1. The average Bonchev–Trinajstić information content (AvgIpc) is 2.91. The fourth-order valence-electron chi connectivity index (χ4n) is 3.33. The number of carbonyl (C=O) groups excluding carboxylic acids is 1. The molecule has 0 saturated carbocycles. The molecule has 0 unspecified atom stereocenters. The van der Waals surface area contributed by atoms with Gasteiger partial charge in [0, 0.05) is 23.3 Å². The smallest absolute Gasteiger partial charge is 0.247 e. The van der Waals surface area contributed by atoms with Gasteiger partial charge in [0.05, 0.1) is 5.69 Å². The summed E-state index contributed by atoms with van der Waals surface area (Å²) in [6.45, 7) is 6.01. The number of fused-ring (bicyclic) bond motifs is 3. The number of ether oxygens (including phenoxy) is 1. The lowest BCUT2D eigenvalue weighted by Crippen LogP contribution is -2.37. The molecule has 160 valence electrons. The number of thioether (sulfide) groups is 1. The van der Waals surface area contributed by atoms with E-state index in [2.05, 4.69) is 29.0 Å². The van der Waals surface area contributed by atoms with Gasteiger partial charge >= 0.3 is 0 Å². The van der Waals surface area contributed by atoms with Crippen molar-refractivity contribution in [2.75, 3.05) is 10.7 Å². The summed E-state index contributed by atoms with van der Waals surface area (Å²) < 4.78 is 20.3. The highest BCUT2D eigenvalue weighted by molar-refractivity contribution is 7.99. The van der Waals surface area contributed by atoms with Gasteiger partial charge in [-0.15, -0.1) is 10.2 Å². The highest BCUT2D eigenvalue weighted by Gasteiger charge is 2.35. The lowest BCUT2D eigenvalue weighted by atomic mass is 10.1. The first-order valence-corrected chi connectivity index (χ1v) is 11.2. The largest absolute Gasteiger partial charge is 0.447 e. The molecule has 0 N–H and O–H groups in total. The Morgan fingerprint density at radius 1 is 1.19 bits per heavy atom. The van der Waals surface area contributed by atoms with Crippen LogP contribution in [-0.4, -0.2) is 26.8 Å². The molecule has 0 radical (unpaired) electrons.